The molecule has 0 amide bonds. The van der Waals surface area contributed by atoms with Crippen LogP contribution in [0.2, 0.25) is 0 Å². The number of nitrogens with zero attached hydrogens (tertiary/aromatic N) is 1. The van der Waals surface area contributed by atoms with Gasteiger partial charge >= 0.3 is 0 Å². The number of rotatable bonds is 3. The third-order valence-corrected chi connectivity index (χ3v) is 15.1. The summed E-state index contributed by atoms with van der Waals surface area (Å²) in [6, 6.07) is 45.8. The number of ether oxygens (including phenoxy) is 2. The van der Waals surface area contributed by atoms with E-state index in [9.17, 15) is 0 Å². The van der Waals surface area contributed by atoms with Gasteiger partial charge in [0.1, 0.15) is 17.3 Å². The molecule has 1 spiro atoms. The Kier molecular flexibility index (Phi) is 5.29. The Labute approximate surface area is 268 Å². The van der Waals surface area contributed by atoms with Crippen LogP contribution in [0, 0.1) is 5.41 Å². The number of benzene rings is 5. The average Bonchev–Trinajstić information content (AvgIpc) is 3.66. The summed E-state index contributed by atoms with van der Waals surface area (Å²) in [5, 5.41) is 7.77. The molecule has 6 aromatic rings. The van der Waals surface area contributed by atoms with E-state index in [1.807, 2.05) is 6.26 Å². The van der Waals surface area contributed by atoms with Crippen LogP contribution < -0.4 is 20.3 Å². The molecule has 0 bridgehead atoms. The molecule has 3 nitrogen and oxygen atoms in total. The van der Waals surface area contributed by atoms with E-state index in [1.165, 1.54) is 53.8 Å². The fourth-order valence-electron chi connectivity index (χ4n) is 8.31. The van der Waals surface area contributed by atoms with Gasteiger partial charge in [-0.1, -0.05) is 121 Å². The second-order valence-electron chi connectivity index (χ2n) is 12.5. The number of hydrogen-bond acceptors (Lipinski definition) is 2. The summed E-state index contributed by atoms with van der Waals surface area (Å²) in [6.45, 7) is 0. The van der Waals surface area contributed by atoms with Crippen LogP contribution in [0.3, 0.4) is 0 Å². The molecule has 0 fully saturated rings. The summed E-state index contributed by atoms with van der Waals surface area (Å²) >= 11 is 0. The molecule has 0 saturated heterocycles. The largest absolute Gasteiger partial charge is 0.468 e. The first kappa shape index (κ1) is 25.7. The monoisotopic (exact) mass is 607 g/mol. The van der Waals surface area contributed by atoms with Crippen molar-refractivity contribution in [3.05, 3.63) is 181 Å². The highest BCUT2D eigenvalue weighted by molar-refractivity contribution is 7.17. The van der Waals surface area contributed by atoms with Crippen LogP contribution in [-0.2, 0) is 4.74 Å². The highest BCUT2D eigenvalue weighted by atomic mass is 28.3. The molecular formula is C42H29NO2Si. The van der Waals surface area contributed by atoms with Crippen LogP contribution in [0.1, 0.15) is 6.42 Å². The zero-order chi connectivity index (χ0) is 30.3. The van der Waals surface area contributed by atoms with Crippen molar-refractivity contribution in [1.29, 1.82) is 0 Å². The molecule has 10 rings (SSSR count). The van der Waals surface area contributed by atoms with Crippen molar-refractivity contribution in [3.8, 4) is 11.5 Å². The normalized spacial score (nSPS) is 20.3. The minimum atomic E-state index is -2.75. The molecule has 1 unspecified atom stereocenters. The van der Waals surface area contributed by atoms with Gasteiger partial charge in [0.15, 0.2) is 8.07 Å². The second-order valence-corrected chi connectivity index (χ2v) is 16.3. The van der Waals surface area contributed by atoms with Gasteiger partial charge in [0, 0.05) is 28.5 Å². The van der Waals surface area contributed by atoms with Crippen molar-refractivity contribution < 1.29 is 9.47 Å². The van der Waals surface area contributed by atoms with E-state index < -0.39 is 8.07 Å². The lowest BCUT2D eigenvalue weighted by molar-refractivity contribution is 0.311. The highest BCUT2D eigenvalue weighted by Gasteiger charge is 2.52. The maximum absolute atomic E-state index is 6.57. The Bertz CT molecular complexity index is 2310. The lowest BCUT2D eigenvalue weighted by atomic mass is 9.71. The number of hydrogen-bond donors (Lipinski definition) is 0. The Balaban J connectivity index is 1.16. The molecule has 5 aromatic carbocycles. The minimum absolute atomic E-state index is 0.365. The van der Waals surface area contributed by atoms with Gasteiger partial charge < -0.3 is 14.0 Å². The molecule has 0 N–H and O–H groups in total. The first-order chi connectivity index (χ1) is 22.8. The van der Waals surface area contributed by atoms with Crippen molar-refractivity contribution in [2.45, 2.75) is 6.42 Å². The van der Waals surface area contributed by atoms with Gasteiger partial charge in [-0.3, -0.25) is 0 Å². The zero-order valence-corrected chi connectivity index (χ0v) is 26.1. The third-order valence-electron chi connectivity index (χ3n) is 10.3. The van der Waals surface area contributed by atoms with Crippen LogP contribution in [0.5, 0.6) is 11.5 Å². The van der Waals surface area contributed by atoms with Crippen LogP contribution >= 0.6 is 0 Å². The number of aromatic nitrogens is 1. The van der Waals surface area contributed by atoms with Gasteiger partial charge in [-0.15, -0.1) is 0 Å². The summed E-state index contributed by atoms with van der Waals surface area (Å²) in [6.07, 6.45) is 14.5. The van der Waals surface area contributed by atoms with Crippen molar-refractivity contribution in [2.75, 3.05) is 0 Å². The van der Waals surface area contributed by atoms with Crippen molar-refractivity contribution in [1.82, 2.24) is 4.57 Å². The van der Waals surface area contributed by atoms with Crippen molar-refractivity contribution >= 4 is 51.1 Å². The molecular weight excluding hydrogens is 579 g/mol. The molecule has 3 heterocycles. The summed E-state index contributed by atoms with van der Waals surface area (Å²) in [5.74, 6) is 2.87. The van der Waals surface area contributed by atoms with Gasteiger partial charge in [-0.2, -0.15) is 0 Å². The van der Waals surface area contributed by atoms with E-state index in [1.54, 1.807) is 0 Å². The molecule has 1 atom stereocenters. The summed E-state index contributed by atoms with van der Waals surface area (Å²) < 4.78 is 15.4. The standard InChI is InChI=1S/C42H29NO2Si/c1-2-12-31(13-3-1)46(39-20-10-8-18-37(39)45-38-19-9-11-21-40(38)46)32-24-25-42-27-30(22-23-41(42)44-28-29(42)26-32)43-35-16-6-4-14-33(35)34-15-5-7-17-36(34)43/h1-26,28H,27H2. The zero-order valence-electron chi connectivity index (χ0n) is 25.1. The van der Waals surface area contributed by atoms with Crippen molar-refractivity contribution in [2.24, 2.45) is 5.41 Å². The molecule has 2 aliphatic heterocycles. The van der Waals surface area contributed by atoms with Crippen LogP contribution in [0.4, 0.5) is 0 Å². The fourth-order valence-corrected chi connectivity index (χ4v) is 13.3. The predicted molar refractivity (Wildman–Crippen MR) is 189 cm³/mol. The number of para-hydroxylation sites is 4. The van der Waals surface area contributed by atoms with E-state index in [2.05, 4.69) is 162 Å². The molecule has 0 radical (unpaired) electrons. The molecule has 1 aromatic heterocycles. The third kappa shape index (κ3) is 3.31. The summed E-state index contributed by atoms with van der Waals surface area (Å²) in [4.78, 5) is 0. The van der Waals surface area contributed by atoms with Gasteiger partial charge in [0.25, 0.3) is 0 Å². The maximum atomic E-state index is 6.57. The van der Waals surface area contributed by atoms with E-state index in [4.69, 9.17) is 9.47 Å². The first-order valence-electron chi connectivity index (χ1n) is 15.9. The van der Waals surface area contributed by atoms with Crippen LogP contribution in [-0.4, -0.2) is 12.6 Å². The molecule has 218 valence electrons. The molecule has 0 saturated carbocycles. The number of fused-ring (bicyclic) bond motifs is 5. The topological polar surface area (TPSA) is 23.4 Å². The van der Waals surface area contributed by atoms with Gasteiger partial charge in [0.05, 0.1) is 22.7 Å². The first-order valence-corrected chi connectivity index (χ1v) is 17.9. The maximum Gasteiger partial charge on any atom is 0.188 e. The number of allylic oxidation sites excluding steroid dienone is 7. The predicted octanol–water partition coefficient (Wildman–Crippen LogP) is 8.14. The lowest BCUT2D eigenvalue weighted by Gasteiger charge is -2.42. The van der Waals surface area contributed by atoms with E-state index in [0.717, 1.165) is 23.7 Å². The molecule has 46 heavy (non-hydrogen) atoms. The SMILES string of the molecule is C1=CC23CC(n4c5ccccc5c5ccccc54)=CC=C2OC=C3C=C1[Si]1(c2ccccc2)c2ccccc2Oc2ccccc21. The Hall–Kier alpha value is -5.58. The Morgan fingerprint density at radius 2 is 1.24 bits per heavy atom. The van der Waals surface area contributed by atoms with Crippen molar-refractivity contribution in [3.63, 3.8) is 0 Å². The lowest BCUT2D eigenvalue weighted by Crippen LogP contribution is -2.70. The quantitative estimate of drug-likeness (QED) is 0.190. The van der Waals surface area contributed by atoms with E-state index in [0.29, 0.717) is 0 Å². The second kappa shape index (κ2) is 9.46. The summed E-state index contributed by atoms with van der Waals surface area (Å²) in [5.41, 5.74) is 4.56. The summed E-state index contributed by atoms with van der Waals surface area (Å²) in [7, 11) is -2.75. The van der Waals surface area contributed by atoms with Gasteiger partial charge in [-0.05, 0) is 57.2 Å². The van der Waals surface area contributed by atoms with E-state index >= 15 is 0 Å². The Morgan fingerprint density at radius 3 is 1.93 bits per heavy atom. The van der Waals surface area contributed by atoms with Crippen LogP contribution in [0.15, 0.2) is 181 Å². The van der Waals surface area contributed by atoms with Crippen LogP contribution in [0.25, 0.3) is 27.5 Å². The Morgan fingerprint density at radius 1 is 0.630 bits per heavy atom. The van der Waals surface area contributed by atoms with Gasteiger partial charge in [-0.25, -0.2) is 0 Å². The highest BCUT2D eigenvalue weighted by Crippen LogP contribution is 2.54. The van der Waals surface area contributed by atoms with E-state index in [-0.39, 0.29) is 5.41 Å². The minimum Gasteiger partial charge on any atom is -0.468 e. The molecule has 4 aliphatic rings. The fraction of sp³-hybridized carbons (Fsp3) is 0.0476. The smallest absolute Gasteiger partial charge is 0.188 e. The molecule has 2 aliphatic carbocycles. The molecule has 4 heteroatoms. The average molecular weight is 608 g/mol. The van der Waals surface area contributed by atoms with Gasteiger partial charge in [0.2, 0.25) is 0 Å².